The average Bonchev–Trinajstić information content (AvgIpc) is 3.17. The minimum absolute atomic E-state index is 0.0302. The van der Waals surface area contributed by atoms with Gasteiger partial charge in [0, 0.05) is 12.0 Å². The van der Waals surface area contributed by atoms with Gasteiger partial charge in [-0.2, -0.15) is 0 Å². The van der Waals surface area contributed by atoms with E-state index in [-0.39, 0.29) is 35.1 Å². The van der Waals surface area contributed by atoms with Crippen LogP contribution in [0.2, 0.25) is 0 Å². The van der Waals surface area contributed by atoms with Crippen molar-refractivity contribution in [2.45, 2.75) is 56.0 Å². The molecule has 2 aromatic rings. The Hall–Kier alpha value is -4.72. The fraction of sp³-hybridized carbons (Fsp3) is 0.375. The number of carbonyl (C=O) groups excluding carboxylic acids is 4. The van der Waals surface area contributed by atoms with Crippen LogP contribution in [0, 0.1) is 12.3 Å². The number of methoxy groups -OCH3 is 2. The number of ether oxygens (including phenoxy) is 3. The van der Waals surface area contributed by atoms with Gasteiger partial charge in [-0.25, -0.2) is 4.79 Å². The number of ketones is 2. The number of phenols is 2. The predicted octanol–water partition coefficient (Wildman–Crippen LogP) is 1.35. The number of aliphatic hydroxyl groups excluding tert-OH is 4. The van der Waals surface area contributed by atoms with E-state index in [1.165, 1.54) is 24.3 Å². The Balaban J connectivity index is 1.65. The molecule has 3 aliphatic carbocycles. The fourth-order valence-electron chi connectivity index (χ4n) is 7.21. The molecule has 13 heteroatoms. The van der Waals surface area contributed by atoms with E-state index >= 15 is 0 Å². The Morgan fingerprint density at radius 1 is 0.956 bits per heavy atom. The third-order valence-electron chi connectivity index (χ3n) is 9.34. The van der Waals surface area contributed by atoms with E-state index in [1.807, 2.05) is 0 Å². The van der Waals surface area contributed by atoms with Gasteiger partial charge in [0.05, 0.1) is 36.9 Å². The molecule has 0 unspecified atom stereocenters. The molecule has 1 spiro atoms. The van der Waals surface area contributed by atoms with Crippen LogP contribution in [0.4, 0.5) is 0 Å². The van der Waals surface area contributed by atoms with Crippen molar-refractivity contribution in [3.8, 4) is 17.2 Å². The maximum atomic E-state index is 13.5. The van der Waals surface area contributed by atoms with Gasteiger partial charge in [-0.3, -0.25) is 14.4 Å². The van der Waals surface area contributed by atoms with Crippen molar-refractivity contribution in [2.24, 2.45) is 5.41 Å². The van der Waals surface area contributed by atoms with E-state index in [0.717, 1.165) is 20.3 Å². The summed E-state index contributed by atoms with van der Waals surface area (Å²) >= 11 is 0. The van der Waals surface area contributed by atoms with Gasteiger partial charge in [0.25, 0.3) is 5.60 Å². The first kappa shape index (κ1) is 30.3. The second kappa shape index (κ2) is 10.2. The molecular weight excluding hydrogens is 592 g/mol. The average molecular weight is 623 g/mol. The van der Waals surface area contributed by atoms with E-state index in [0.29, 0.717) is 5.56 Å². The molecule has 6 N–H and O–H groups in total. The number of aryl methyl sites for hydroxylation is 1. The number of Topliss-reactive ketones (excluding diaryl/α,β-unsaturated/α-hetero) is 2. The zero-order valence-corrected chi connectivity index (χ0v) is 24.4. The van der Waals surface area contributed by atoms with Gasteiger partial charge in [0.15, 0.2) is 11.6 Å². The van der Waals surface area contributed by atoms with Crippen molar-refractivity contribution in [1.29, 1.82) is 0 Å². The van der Waals surface area contributed by atoms with Crippen LogP contribution in [0.15, 0.2) is 35.9 Å². The summed E-state index contributed by atoms with van der Waals surface area (Å²) in [6.45, 7) is 1.64. The summed E-state index contributed by atoms with van der Waals surface area (Å²) in [5.41, 5.74) is -5.27. The van der Waals surface area contributed by atoms with Crippen LogP contribution in [0.5, 0.6) is 17.2 Å². The van der Waals surface area contributed by atoms with Crippen LogP contribution in [-0.2, 0) is 30.3 Å². The SMILES string of the molecule is COC(=O)[C@H]1C=C[C@]2(Cc3cc(O)c4c(c31)O[C@@]1(C(=O)OC)C(=C4O)C(=O)CC[C@H]1O)[C@@H](O)C(=O)c1c(O)cc(C)cc1[C@@H]2O. The predicted molar refractivity (Wildman–Crippen MR) is 151 cm³/mol. The molecule has 13 nitrogen and oxygen atoms in total. The molecule has 1 fully saturated rings. The van der Waals surface area contributed by atoms with Crippen LogP contribution < -0.4 is 4.74 Å². The second-order valence-corrected chi connectivity index (χ2v) is 11.8. The van der Waals surface area contributed by atoms with Gasteiger partial charge in [-0.05, 0) is 48.6 Å². The molecule has 1 heterocycles. The summed E-state index contributed by atoms with van der Waals surface area (Å²) in [6.07, 6.45) is -3.63. The molecule has 1 saturated carbocycles. The molecule has 0 amide bonds. The summed E-state index contributed by atoms with van der Waals surface area (Å²) in [4.78, 5) is 53.1. The normalized spacial score (nSPS) is 30.0. The van der Waals surface area contributed by atoms with Crippen LogP contribution >= 0.6 is 0 Å². The van der Waals surface area contributed by atoms with Crippen LogP contribution in [0.3, 0.4) is 0 Å². The number of aliphatic hydroxyl groups is 4. The standard InChI is InChI=1S/C32H30O13/c1-12-8-15-21(17(34)9-12)25(38)28(40)31(27(15)39)7-6-14(29(41)43-2)20-13(11-31)10-18(35)22-24(37)23-16(33)4-5-19(36)32(23,30(42)44-3)45-26(20)22/h6-10,14,19,27-28,34-37,39-40H,4-5,11H2,1-3H3/t14-,19+,27-,28-,31+,32+/m0/s1. The second-order valence-electron chi connectivity index (χ2n) is 11.8. The third-order valence-corrected chi connectivity index (χ3v) is 9.34. The Kier molecular flexibility index (Phi) is 6.84. The molecule has 0 radical (unpaired) electrons. The van der Waals surface area contributed by atoms with Crippen LogP contribution in [0.1, 0.15) is 63.0 Å². The van der Waals surface area contributed by atoms with Crippen molar-refractivity contribution < 1.29 is 64.0 Å². The van der Waals surface area contributed by atoms with Gasteiger partial charge < -0.3 is 44.8 Å². The van der Waals surface area contributed by atoms with Gasteiger partial charge in [-0.15, -0.1) is 0 Å². The van der Waals surface area contributed by atoms with E-state index in [4.69, 9.17) is 14.2 Å². The first-order valence-corrected chi connectivity index (χ1v) is 14.1. The lowest BCUT2D eigenvalue weighted by Gasteiger charge is -2.44. The lowest BCUT2D eigenvalue weighted by molar-refractivity contribution is -0.169. The number of carbonyl (C=O) groups is 4. The Labute approximate surface area is 255 Å². The minimum Gasteiger partial charge on any atom is -0.507 e. The van der Waals surface area contributed by atoms with Crippen LogP contribution in [-0.4, -0.2) is 86.2 Å². The molecule has 4 aliphatic rings. The van der Waals surface area contributed by atoms with Gasteiger partial charge in [0.2, 0.25) is 0 Å². The minimum atomic E-state index is -2.56. The number of rotatable bonds is 2. The molecule has 1 aliphatic heterocycles. The van der Waals surface area contributed by atoms with Gasteiger partial charge >= 0.3 is 11.9 Å². The maximum absolute atomic E-state index is 13.5. The van der Waals surface area contributed by atoms with E-state index < -0.39 is 99.3 Å². The molecular formula is C32H30O13. The van der Waals surface area contributed by atoms with E-state index in [2.05, 4.69) is 0 Å². The quantitative estimate of drug-likeness (QED) is 0.206. The molecule has 2 aromatic carbocycles. The number of fused-ring (bicyclic) bond motifs is 5. The molecule has 0 saturated heterocycles. The zero-order chi connectivity index (χ0) is 32.7. The summed E-state index contributed by atoms with van der Waals surface area (Å²) in [7, 11) is 2.08. The first-order chi connectivity index (χ1) is 21.2. The Morgan fingerprint density at radius 3 is 2.31 bits per heavy atom. The monoisotopic (exact) mass is 622 g/mol. The number of aromatic hydroxyl groups is 2. The van der Waals surface area contributed by atoms with Crippen molar-refractivity contribution in [3.63, 3.8) is 0 Å². The molecule has 6 atom stereocenters. The summed E-state index contributed by atoms with van der Waals surface area (Å²) in [6, 6.07) is 3.93. The Morgan fingerprint density at radius 2 is 1.64 bits per heavy atom. The van der Waals surface area contributed by atoms with E-state index in [1.54, 1.807) is 6.92 Å². The highest BCUT2D eigenvalue weighted by atomic mass is 16.6. The van der Waals surface area contributed by atoms with Crippen LogP contribution in [0.25, 0.3) is 5.76 Å². The lowest BCUT2D eigenvalue weighted by Crippen LogP contribution is -2.61. The number of benzene rings is 2. The maximum Gasteiger partial charge on any atom is 0.358 e. The van der Waals surface area contributed by atoms with Gasteiger partial charge in [0.1, 0.15) is 46.7 Å². The van der Waals surface area contributed by atoms with Crippen molar-refractivity contribution in [2.75, 3.05) is 14.2 Å². The largest absolute Gasteiger partial charge is 0.507 e. The van der Waals surface area contributed by atoms with E-state index in [9.17, 15) is 49.8 Å². The van der Waals surface area contributed by atoms with Crippen molar-refractivity contribution >= 4 is 29.3 Å². The smallest absolute Gasteiger partial charge is 0.358 e. The summed E-state index contributed by atoms with van der Waals surface area (Å²) < 4.78 is 16.1. The topological polar surface area (TPSA) is 217 Å². The van der Waals surface area contributed by atoms with Crippen molar-refractivity contribution in [3.05, 3.63) is 69.3 Å². The number of hydrogen-bond donors (Lipinski definition) is 6. The fourth-order valence-corrected chi connectivity index (χ4v) is 7.21. The highest BCUT2D eigenvalue weighted by Gasteiger charge is 2.62. The number of hydrogen-bond acceptors (Lipinski definition) is 13. The highest BCUT2D eigenvalue weighted by molar-refractivity contribution is 6.12. The molecule has 6 rings (SSSR count). The number of phenolic OH excluding ortho intramolecular Hbond substituents is 2. The van der Waals surface area contributed by atoms with Gasteiger partial charge in [-0.1, -0.05) is 18.2 Å². The lowest BCUT2D eigenvalue weighted by atomic mass is 9.63. The third kappa shape index (κ3) is 3.90. The first-order valence-electron chi connectivity index (χ1n) is 14.1. The molecule has 0 bridgehead atoms. The number of esters is 2. The zero-order valence-electron chi connectivity index (χ0n) is 24.4. The van der Waals surface area contributed by atoms with Crippen molar-refractivity contribution in [1.82, 2.24) is 0 Å². The highest BCUT2D eigenvalue weighted by Crippen LogP contribution is 2.57. The summed E-state index contributed by atoms with van der Waals surface area (Å²) in [5, 5.41) is 67.5. The molecule has 0 aromatic heterocycles. The molecule has 236 valence electrons. The molecule has 45 heavy (non-hydrogen) atoms. The summed E-state index contributed by atoms with van der Waals surface area (Å²) in [5.74, 6) is -7.61. The Bertz CT molecular complexity index is 1770.